The van der Waals surface area contributed by atoms with Gasteiger partial charge in [0.05, 0.1) is 23.6 Å². The highest BCUT2D eigenvalue weighted by Crippen LogP contribution is 2.32. The van der Waals surface area contributed by atoms with E-state index in [1.165, 1.54) is 11.3 Å². The fourth-order valence-corrected chi connectivity index (χ4v) is 4.10. The third-order valence-corrected chi connectivity index (χ3v) is 5.27. The summed E-state index contributed by atoms with van der Waals surface area (Å²) in [5.74, 6) is 0.303. The lowest BCUT2D eigenvalue weighted by Gasteiger charge is -2.39. The van der Waals surface area contributed by atoms with Crippen molar-refractivity contribution in [2.24, 2.45) is 0 Å². The van der Waals surface area contributed by atoms with Gasteiger partial charge < -0.3 is 14.5 Å². The van der Waals surface area contributed by atoms with Crippen LogP contribution >= 0.6 is 11.3 Å². The van der Waals surface area contributed by atoms with Crippen molar-refractivity contribution in [3.8, 4) is 0 Å². The summed E-state index contributed by atoms with van der Waals surface area (Å²) >= 11 is 1.48. The Morgan fingerprint density at radius 1 is 1.43 bits per heavy atom. The summed E-state index contributed by atoms with van der Waals surface area (Å²) in [6, 6.07) is 4.09. The van der Waals surface area contributed by atoms with Gasteiger partial charge in [-0.1, -0.05) is 6.07 Å². The van der Waals surface area contributed by atoms with Gasteiger partial charge in [-0.3, -0.25) is 9.59 Å². The minimum Gasteiger partial charge on any atom is -0.383 e. The second kappa shape index (κ2) is 6.15. The first-order valence-corrected chi connectivity index (χ1v) is 8.23. The molecular weight excluding hydrogens is 288 g/mol. The molecule has 2 atom stereocenters. The second-order valence-corrected chi connectivity index (χ2v) is 6.47. The number of amides is 2. The smallest absolute Gasteiger partial charge is 0.264 e. The van der Waals surface area contributed by atoms with E-state index in [0.29, 0.717) is 19.6 Å². The molecule has 1 aromatic heterocycles. The molecule has 0 N–H and O–H groups in total. The van der Waals surface area contributed by atoms with Crippen molar-refractivity contribution < 1.29 is 14.3 Å². The number of fused-ring (bicyclic) bond motifs is 1. The zero-order valence-corrected chi connectivity index (χ0v) is 13.0. The quantitative estimate of drug-likeness (QED) is 0.849. The lowest BCUT2D eigenvalue weighted by Crippen LogP contribution is -2.53. The highest BCUT2D eigenvalue weighted by atomic mass is 32.1. The Kier molecular flexibility index (Phi) is 4.26. The van der Waals surface area contributed by atoms with E-state index in [0.717, 1.165) is 24.3 Å². The van der Waals surface area contributed by atoms with Crippen LogP contribution in [0.25, 0.3) is 0 Å². The number of piperidine rings is 1. The standard InChI is InChI=1S/C15H20N2O3S/c1-20-9-8-16-12-6-7-17(11(12)4-5-14(16)18)15(19)13-3-2-10-21-13/h2-3,10-12H,4-9H2,1H3/t11-,12+/m1/s1. The monoisotopic (exact) mass is 308 g/mol. The molecule has 0 radical (unpaired) electrons. The Morgan fingerprint density at radius 3 is 3.00 bits per heavy atom. The van der Waals surface area contributed by atoms with E-state index in [9.17, 15) is 9.59 Å². The molecule has 2 fully saturated rings. The number of thiophene rings is 1. The summed E-state index contributed by atoms with van der Waals surface area (Å²) in [7, 11) is 1.65. The highest BCUT2D eigenvalue weighted by Gasteiger charge is 2.44. The molecule has 0 aromatic carbocycles. The maximum atomic E-state index is 12.6. The number of ether oxygens (including phenoxy) is 1. The van der Waals surface area contributed by atoms with Crippen LogP contribution in [0.5, 0.6) is 0 Å². The van der Waals surface area contributed by atoms with Gasteiger partial charge in [0.25, 0.3) is 5.91 Å². The van der Waals surface area contributed by atoms with Crippen molar-refractivity contribution >= 4 is 23.2 Å². The third kappa shape index (κ3) is 2.70. The average Bonchev–Trinajstić information content (AvgIpc) is 3.15. The number of rotatable bonds is 4. The number of hydrogen-bond acceptors (Lipinski definition) is 4. The summed E-state index contributed by atoms with van der Waals surface area (Å²) in [5, 5.41) is 1.93. The van der Waals surface area contributed by atoms with Crippen LogP contribution in [0.15, 0.2) is 17.5 Å². The van der Waals surface area contributed by atoms with Gasteiger partial charge in [-0.15, -0.1) is 11.3 Å². The molecule has 21 heavy (non-hydrogen) atoms. The van der Waals surface area contributed by atoms with Gasteiger partial charge in [-0.2, -0.15) is 0 Å². The van der Waals surface area contributed by atoms with Crippen LogP contribution in [0.3, 0.4) is 0 Å². The zero-order chi connectivity index (χ0) is 14.8. The molecule has 2 amide bonds. The van der Waals surface area contributed by atoms with Crippen LogP contribution in [0, 0.1) is 0 Å². The predicted octanol–water partition coefficient (Wildman–Crippen LogP) is 1.60. The van der Waals surface area contributed by atoms with Crippen molar-refractivity contribution in [3.63, 3.8) is 0 Å². The van der Waals surface area contributed by atoms with Gasteiger partial charge in [0.2, 0.25) is 5.91 Å². The van der Waals surface area contributed by atoms with Gasteiger partial charge in [-0.05, 0) is 24.3 Å². The first-order chi connectivity index (χ1) is 10.2. The lowest BCUT2D eigenvalue weighted by molar-refractivity contribution is -0.138. The summed E-state index contributed by atoms with van der Waals surface area (Å²) in [6.45, 7) is 1.91. The average molecular weight is 308 g/mol. The predicted molar refractivity (Wildman–Crippen MR) is 80.4 cm³/mol. The Hall–Kier alpha value is -1.40. The summed E-state index contributed by atoms with van der Waals surface area (Å²) in [4.78, 5) is 29.4. The van der Waals surface area contributed by atoms with Crippen molar-refractivity contribution in [1.82, 2.24) is 9.80 Å². The summed E-state index contributed by atoms with van der Waals surface area (Å²) in [5.41, 5.74) is 0. The lowest BCUT2D eigenvalue weighted by atomic mass is 9.96. The van der Waals surface area contributed by atoms with Gasteiger partial charge >= 0.3 is 0 Å². The number of carbonyl (C=O) groups is 2. The first kappa shape index (κ1) is 14.5. The molecule has 2 aliphatic rings. The van der Waals surface area contributed by atoms with E-state index < -0.39 is 0 Å². The van der Waals surface area contributed by atoms with Gasteiger partial charge in [-0.25, -0.2) is 0 Å². The molecule has 0 unspecified atom stereocenters. The van der Waals surface area contributed by atoms with E-state index in [-0.39, 0.29) is 23.9 Å². The summed E-state index contributed by atoms with van der Waals surface area (Å²) in [6.07, 6.45) is 2.18. The van der Waals surface area contributed by atoms with Crippen molar-refractivity contribution in [2.45, 2.75) is 31.3 Å². The molecule has 6 heteroatoms. The largest absolute Gasteiger partial charge is 0.383 e. The normalized spacial score (nSPS) is 25.3. The number of carbonyl (C=O) groups excluding carboxylic acids is 2. The van der Waals surface area contributed by atoms with Crippen LogP contribution in [-0.2, 0) is 9.53 Å². The molecule has 0 aliphatic carbocycles. The number of likely N-dealkylation sites (tertiary alicyclic amines) is 2. The number of hydrogen-bond donors (Lipinski definition) is 0. The van der Waals surface area contributed by atoms with Gasteiger partial charge in [0.15, 0.2) is 0 Å². The molecule has 3 rings (SSSR count). The van der Waals surface area contributed by atoms with Crippen LogP contribution < -0.4 is 0 Å². The van der Waals surface area contributed by atoms with Crippen molar-refractivity contribution in [2.75, 3.05) is 26.8 Å². The third-order valence-electron chi connectivity index (χ3n) is 4.41. The fraction of sp³-hybridized carbons (Fsp3) is 0.600. The Balaban J connectivity index is 1.74. The van der Waals surface area contributed by atoms with E-state index in [1.807, 2.05) is 27.3 Å². The maximum absolute atomic E-state index is 12.6. The zero-order valence-electron chi connectivity index (χ0n) is 12.2. The molecule has 2 saturated heterocycles. The SMILES string of the molecule is COCCN1C(=O)CC[C@@H]2[C@@H]1CCN2C(=O)c1cccs1. The molecule has 1 aromatic rings. The minimum atomic E-state index is 0.110. The maximum Gasteiger partial charge on any atom is 0.264 e. The van der Waals surface area contributed by atoms with Crippen LogP contribution in [0.2, 0.25) is 0 Å². The molecule has 2 aliphatic heterocycles. The molecule has 0 spiro atoms. The fourth-order valence-electron chi connectivity index (χ4n) is 3.42. The minimum absolute atomic E-state index is 0.110. The highest BCUT2D eigenvalue weighted by molar-refractivity contribution is 7.12. The Labute approximate surface area is 128 Å². The van der Waals surface area contributed by atoms with E-state index in [1.54, 1.807) is 7.11 Å². The summed E-state index contributed by atoms with van der Waals surface area (Å²) < 4.78 is 5.10. The van der Waals surface area contributed by atoms with Gasteiger partial charge in [0.1, 0.15) is 0 Å². The topological polar surface area (TPSA) is 49.9 Å². The van der Waals surface area contributed by atoms with Crippen molar-refractivity contribution in [1.29, 1.82) is 0 Å². The molecular formula is C15H20N2O3S. The second-order valence-electron chi connectivity index (χ2n) is 5.52. The molecule has 0 saturated carbocycles. The van der Waals surface area contributed by atoms with Gasteiger partial charge in [0, 0.05) is 26.6 Å². The molecule has 5 nitrogen and oxygen atoms in total. The van der Waals surface area contributed by atoms with E-state index >= 15 is 0 Å². The number of nitrogens with zero attached hydrogens (tertiary/aromatic N) is 2. The molecule has 114 valence electrons. The Bertz CT molecular complexity index is 517. The Morgan fingerprint density at radius 2 is 2.29 bits per heavy atom. The van der Waals surface area contributed by atoms with E-state index in [4.69, 9.17) is 4.74 Å². The number of methoxy groups -OCH3 is 1. The first-order valence-electron chi connectivity index (χ1n) is 7.35. The van der Waals surface area contributed by atoms with Crippen molar-refractivity contribution in [3.05, 3.63) is 22.4 Å². The van der Waals surface area contributed by atoms with Crippen LogP contribution in [0.4, 0.5) is 0 Å². The molecule has 3 heterocycles. The van der Waals surface area contributed by atoms with E-state index in [2.05, 4.69) is 0 Å². The van der Waals surface area contributed by atoms with Crippen LogP contribution in [-0.4, -0.2) is 60.5 Å². The van der Waals surface area contributed by atoms with Crippen LogP contribution in [0.1, 0.15) is 28.9 Å². The molecule has 0 bridgehead atoms.